The highest BCUT2D eigenvalue weighted by Gasteiger charge is 2.27. The Hall–Kier alpha value is -2.81. The first-order valence-electron chi connectivity index (χ1n) is 13.0. The van der Waals surface area contributed by atoms with Crippen LogP contribution in [0.15, 0.2) is 12.1 Å². The number of carbonyl (C=O) groups is 1. The van der Waals surface area contributed by atoms with E-state index in [1.165, 1.54) is 39.0 Å². The average Bonchev–Trinajstić information content (AvgIpc) is 2.88. The van der Waals surface area contributed by atoms with Crippen molar-refractivity contribution >= 4 is 28.6 Å². The molecule has 4 rings (SSSR count). The van der Waals surface area contributed by atoms with Crippen LogP contribution in [0.3, 0.4) is 0 Å². The number of ether oxygens (including phenoxy) is 2. The minimum atomic E-state index is -0.0194. The molecule has 0 radical (unpaired) electrons. The summed E-state index contributed by atoms with van der Waals surface area (Å²) in [5.41, 5.74) is 0.796. The zero-order valence-electron chi connectivity index (χ0n) is 21.4. The van der Waals surface area contributed by atoms with Crippen LogP contribution in [0.25, 0.3) is 10.9 Å². The molecule has 1 amide bonds. The van der Waals surface area contributed by atoms with Crippen molar-refractivity contribution < 1.29 is 14.3 Å². The van der Waals surface area contributed by atoms with E-state index in [9.17, 15) is 4.79 Å². The molecule has 2 aliphatic rings. The van der Waals surface area contributed by atoms with E-state index in [1.807, 2.05) is 12.1 Å². The second-order valence-electron chi connectivity index (χ2n) is 9.63. The molecule has 1 aliphatic carbocycles. The van der Waals surface area contributed by atoms with Gasteiger partial charge in [-0.25, -0.2) is 4.98 Å². The Morgan fingerprint density at radius 1 is 1.00 bits per heavy atom. The van der Waals surface area contributed by atoms with E-state index in [-0.39, 0.29) is 5.91 Å². The SMILES string of the molecule is COc1cc2nc(NCCCNC(C)=O)nc(NC3CCN(C4CCCCC4)CC3)c2cc1OC. The van der Waals surface area contributed by atoms with Gasteiger partial charge in [0.05, 0.1) is 19.7 Å². The number of likely N-dealkylation sites (tertiary alicyclic amines) is 1. The third-order valence-corrected chi connectivity index (χ3v) is 7.17. The van der Waals surface area contributed by atoms with Gasteiger partial charge in [0.15, 0.2) is 11.5 Å². The third kappa shape index (κ3) is 6.66. The van der Waals surface area contributed by atoms with Gasteiger partial charge in [0.1, 0.15) is 5.82 Å². The molecule has 1 aliphatic heterocycles. The van der Waals surface area contributed by atoms with Crippen LogP contribution in [0.2, 0.25) is 0 Å². The maximum absolute atomic E-state index is 11.1. The second kappa shape index (κ2) is 12.2. The monoisotopic (exact) mass is 484 g/mol. The number of amides is 1. The Morgan fingerprint density at radius 3 is 2.40 bits per heavy atom. The molecule has 35 heavy (non-hydrogen) atoms. The fraction of sp³-hybridized carbons (Fsp3) is 0.654. The predicted octanol–water partition coefficient (Wildman–Crippen LogP) is 3.79. The fourth-order valence-electron chi connectivity index (χ4n) is 5.25. The van der Waals surface area contributed by atoms with Gasteiger partial charge in [-0.2, -0.15) is 4.98 Å². The quantitative estimate of drug-likeness (QED) is 0.438. The molecule has 2 heterocycles. The molecule has 0 unspecified atom stereocenters. The first-order chi connectivity index (χ1) is 17.1. The summed E-state index contributed by atoms with van der Waals surface area (Å²) in [5, 5.41) is 10.8. The second-order valence-corrected chi connectivity index (χ2v) is 9.63. The van der Waals surface area contributed by atoms with Gasteiger partial charge in [0, 0.05) is 56.6 Å². The van der Waals surface area contributed by atoms with Crippen LogP contribution >= 0.6 is 0 Å². The normalized spacial score (nSPS) is 17.8. The smallest absolute Gasteiger partial charge is 0.225 e. The third-order valence-electron chi connectivity index (χ3n) is 7.17. The van der Waals surface area contributed by atoms with Crippen LogP contribution in [0.5, 0.6) is 11.5 Å². The van der Waals surface area contributed by atoms with Crippen LogP contribution in [-0.2, 0) is 4.79 Å². The first-order valence-corrected chi connectivity index (χ1v) is 13.0. The molecule has 9 nitrogen and oxygen atoms in total. The minimum Gasteiger partial charge on any atom is -0.493 e. The number of carbonyl (C=O) groups excluding carboxylic acids is 1. The number of nitrogens with one attached hydrogen (secondary N) is 3. The van der Waals surface area contributed by atoms with Crippen molar-refractivity contribution in [1.82, 2.24) is 20.2 Å². The molecule has 3 N–H and O–H groups in total. The highest BCUT2D eigenvalue weighted by atomic mass is 16.5. The largest absolute Gasteiger partial charge is 0.493 e. The molecule has 1 aromatic carbocycles. The van der Waals surface area contributed by atoms with Crippen molar-refractivity contribution in [1.29, 1.82) is 0 Å². The number of anilines is 2. The van der Waals surface area contributed by atoms with Gasteiger partial charge in [0.2, 0.25) is 11.9 Å². The van der Waals surface area contributed by atoms with Gasteiger partial charge >= 0.3 is 0 Å². The van der Waals surface area contributed by atoms with Crippen LogP contribution in [0.4, 0.5) is 11.8 Å². The van der Waals surface area contributed by atoms with Gasteiger partial charge in [-0.15, -0.1) is 0 Å². The number of nitrogens with zero attached hydrogens (tertiary/aromatic N) is 3. The predicted molar refractivity (Wildman–Crippen MR) is 140 cm³/mol. The molecule has 1 aromatic heterocycles. The summed E-state index contributed by atoms with van der Waals surface area (Å²) in [6.07, 6.45) is 9.86. The van der Waals surface area contributed by atoms with Gasteiger partial charge in [-0.1, -0.05) is 19.3 Å². The number of methoxy groups -OCH3 is 2. The molecule has 1 saturated heterocycles. The average molecular weight is 485 g/mol. The standard InChI is InChI=1S/C26H40N6O3/c1-18(33)27-12-7-13-28-26-30-22-17-24(35-3)23(34-2)16-21(22)25(31-26)29-19-10-14-32(15-11-19)20-8-5-4-6-9-20/h16-17,19-20H,4-15H2,1-3H3,(H,27,33)(H2,28,29,30,31). The van der Waals surface area contributed by atoms with E-state index in [1.54, 1.807) is 14.2 Å². The van der Waals surface area contributed by atoms with Crippen molar-refractivity contribution in [3.63, 3.8) is 0 Å². The lowest BCUT2D eigenvalue weighted by Gasteiger charge is -2.39. The lowest BCUT2D eigenvalue weighted by atomic mass is 9.92. The van der Waals surface area contributed by atoms with Crippen molar-refractivity contribution in [2.24, 2.45) is 0 Å². The van der Waals surface area contributed by atoms with Crippen LogP contribution < -0.4 is 25.4 Å². The summed E-state index contributed by atoms with van der Waals surface area (Å²) >= 11 is 0. The molecule has 0 atom stereocenters. The first kappa shape index (κ1) is 25.3. The van der Waals surface area contributed by atoms with Crippen molar-refractivity contribution in [2.45, 2.75) is 70.4 Å². The number of hydrogen-bond acceptors (Lipinski definition) is 8. The van der Waals surface area contributed by atoms with E-state index in [4.69, 9.17) is 19.4 Å². The van der Waals surface area contributed by atoms with Crippen molar-refractivity contribution in [3.05, 3.63) is 12.1 Å². The molecule has 2 aromatic rings. The van der Waals surface area contributed by atoms with E-state index in [0.717, 1.165) is 55.1 Å². The molecule has 192 valence electrons. The Labute approximate surface area is 208 Å². The minimum absolute atomic E-state index is 0.0194. The maximum Gasteiger partial charge on any atom is 0.225 e. The fourth-order valence-corrected chi connectivity index (χ4v) is 5.25. The van der Waals surface area contributed by atoms with Crippen molar-refractivity contribution in [3.8, 4) is 11.5 Å². The lowest BCUT2D eigenvalue weighted by Crippen LogP contribution is -2.45. The van der Waals surface area contributed by atoms with Crippen molar-refractivity contribution in [2.75, 3.05) is 51.0 Å². The number of benzene rings is 1. The molecule has 9 heteroatoms. The highest BCUT2D eigenvalue weighted by molar-refractivity contribution is 5.92. The Kier molecular flexibility index (Phi) is 8.84. The topological polar surface area (TPSA) is 101 Å². The molecule has 2 fully saturated rings. The summed E-state index contributed by atoms with van der Waals surface area (Å²) in [5.74, 6) is 2.66. The van der Waals surface area contributed by atoms with E-state index in [2.05, 4.69) is 20.9 Å². The number of rotatable bonds is 10. The van der Waals surface area contributed by atoms with Gasteiger partial charge in [-0.05, 0) is 38.2 Å². The summed E-state index contributed by atoms with van der Waals surface area (Å²) in [4.78, 5) is 23.4. The van der Waals surface area contributed by atoms with E-state index >= 15 is 0 Å². The van der Waals surface area contributed by atoms with Crippen LogP contribution in [0, 0.1) is 0 Å². The molecular weight excluding hydrogens is 444 g/mol. The zero-order valence-corrected chi connectivity index (χ0v) is 21.4. The highest BCUT2D eigenvalue weighted by Crippen LogP contribution is 2.35. The molecule has 1 saturated carbocycles. The maximum atomic E-state index is 11.1. The molecular formula is C26H40N6O3. The van der Waals surface area contributed by atoms with Gasteiger partial charge in [-0.3, -0.25) is 4.79 Å². The van der Waals surface area contributed by atoms with E-state index in [0.29, 0.717) is 36.6 Å². The summed E-state index contributed by atoms with van der Waals surface area (Å²) in [6.45, 7) is 5.08. The number of hydrogen-bond donors (Lipinski definition) is 3. The number of aromatic nitrogens is 2. The number of fused-ring (bicyclic) bond motifs is 1. The summed E-state index contributed by atoms with van der Waals surface area (Å²) in [6, 6.07) is 4.99. The van der Waals surface area contributed by atoms with E-state index < -0.39 is 0 Å². The Bertz CT molecular complexity index is 987. The zero-order chi connectivity index (χ0) is 24.6. The Morgan fingerprint density at radius 2 is 1.71 bits per heavy atom. The summed E-state index contributed by atoms with van der Waals surface area (Å²) < 4.78 is 11.1. The Balaban J connectivity index is 1.48. The van der Waals surface area contributed by atoms with Crippen LogP contribution in [-0.4, -0.2) is 73.3 Å². The molecule has 0 bridgehead atoms. The van der Waals surface area contributed by atoms with Gasteiger partial charge < -0.3 is 30.3 Å². The molecule has 0 spiro atoms. The summed E-state index contributed by atoms with van der Waals surface area (Å²) in [7, 11) is 3.27. The van der Waals surface area contributed by atoms with Crippen LogP contribution in [0.1, 0.15) is 58.3 Å². The van der Waals surface area contributed by atoms with Gasteiger partial charge in [0.25, 0.3) is 0 Å². The number of piperidine rings is 1. The lowest BCUT2D eigenvalue weighted by molar-refractivity contribution is -0.118.